The summed E-state index contributed by atoms with van der Waals surface area (Å²) in [5.74, 6) is -1.13. The lowest BCUT2D eigenvalue weighted by molar-refractivity contribution is -0.160. The Balaban J connectivity index is 1.50. The molecule has 1 aliphatic rings. The van der Waals surface area contributed by atoms with Gasteiger partial charge in [0.2, 0.25) is 5.88 Å². The molecule has 0 bridgehead atoms. The van der Waals surface area contributed by atoms with Crippen molar-refractivity contribution >= 4 is 17.4 Å². The van der Waals surface area contributed by atoms with Gasteiger partial charge < -0.3 is 24.8 Å². The van der Waals surface area contributed by atoms with Gasteiger partial charge in [0.1, 0.15) is 11.6 Å². The molecular formula is C24H22F4N4O5. The van der Waals surface area contributed by atoms with Crippen molar-refractivity contribution in [2.24, 2.45) is 0 Å². The van der Waals surface area contributed by atoms with E-state index < -0.39 is 40.6 Å². The maximum atomic E-state index is 14.8. The second-order valence-corrected chi connectivity index (χ2v) is 8.39. The average Bonchev–Trinajstić information content (AvgIpc) is 2.80. The molecule has 2 amide bonds. The Morgan fingerprint density at radius 2 is 1.95 bits per heavy atom. The number of urea groups is 1. The zero-order valence-electron chi connectivity index (χ0n) is 19.7. The minimum absolute atomic E-state index is 0.104. The lowest BCUT2D eigenvalue weighted by Gasteiger charge is -2.38. The number of hydrogen-bond acceptors (Lipinski definition) is 6. The van der Waals surface area contributed by atoms with Crippen LogP contribution in [0.3, 0.4) is 0 Å². The number of benzene rings is 2. The van der Waals surface area contributed by atoms with Gasteiger partial charge in [-0.05, 0) is 49.7 Å². The molecule has 0 atom stereocenters. The zero-order chi connectivity index (χ0) is 26.8. The molecule has 1 saturated heterocycles. The summed E-state index contributed by atoms with van der Waals surface area (Å²) < 4.78 is 71.5. The Morgan fingerprint density at radius 1 is 1.19 bits per heavy atom. The van der Waals surface area contributed by atoms with Crippen LogP contribution in [0.25, 0.3) is 11.1 Å². The highest BCUT2D eigenvalue weighted by atomic mass is 19.4. The van der Waals surface area contributed by atoms with Crippen LogP contribution >= 0.6 is 0 Å². The van der Waals surface area contributed by atoms with Crippen LogP contribution in [-0.4, -0.2) is 41.4 Å². The summed E-state index contributed by atoms with van der Waals surface area (Å²) in [5, 5.41) is 4.52. The molecule has 0 unspecified atom stereocenters. The van der Waals surface area contributed by atoms with Crippen LogP contribution in [0.2, 0.25) is 0 Å². The molecular weight excluding hydrogens is 500 g/mol. The molecule has 3 N–H and O–H groups in total. The maximum absolute atomic E-state index is 14.8. The first-order chi connectivity index (χ1) is 17.5. The largest absolute Gasteiger partial charge is 0.482 e. The molecule has 196 valence electrons. The van der Waals surface area contributed by atoms with Gasteiger partial charge in [0.25, 0.3) is 0 Å². The fraction of sp³-hybridized carbons (Fsp3) is 0.292. The van der Waals surface area contributed by atoms with Gasteiger partial charge in [-0.1, -0.05) is 6.07 Å². The molecule has 0 spiro atoms. The number of aromatic amines is 1. The Bertz CT molecular complexity index is 1370. The van der Waals surface area contributed by atoms with E-state index in [1.807, 2.05) is 0 Å². The highest BCUT2D eigenvalue weighted by molar-refractivity contribution is 6.00. The molecule has 9 nitrogen and oxygen atoms in total. The van der Waals surface area contributed by atoms with E-state index in [2.05, 4.69) is 20.6 Å². The highest BCUT2D eigenvalue weighted by Crippen LogP contribution is 2.40. The van der Waals surface area contributed by atoms with Crippen molar-refractivity contribution in [2.75, 3.05) is 30.5 Å². The SMILES string of the molecule is CCOc1[nH]c(=O)ncc1-c1ccc(NC(=O)Nc2ccc(OC3(C)COC3)c(C(F)(F)F)c2)c(F)c1. The van der Waals surface area contributed by atoms with Crippen molar-refractivity contribution in [3.05, 3.63) is 64.5 Å². The molecule has 1 aromatic heterocycles. The van der Waals surface area contributed by atoms with Crippen LogP contribution in [0.1, 0.15) is 19.4 Å². The second kappa shape index (κ2) is 10.1. The first-order valence-electron chi connectivity index (χ1n) is 11.1. The number of nitrogens with one attached hydrogen (secondary N) is 3. The highest BCUT2D eigenvalue weighted by Gasteiger charge is 2.40. The molecule has 0 saturated carbocycles. The van der Waals surface area contributed by atoms with Crippen LogP contribution in [-0.2, 0) is 10.9 Å². The molecule has 0 radical (unpaired) electrons. The summed E-state index contributed by atoms with van der Waals surface area (Å²) in [6.07, 6.45) is -3.52. The van der Waals surface area contributed by atoms with Crippen LogP contribution < -0.4 is 25.8 Å². The quantitative estimate of drug-likeness (QED) is 0.384. The van der Waals surface area contributed by atoms with Gasteiger partial charge in [0.15, 0.2) is 5.60 Å². The predicted molar refractivity (Wildman–Crippen MR) is 125 cm³/mol. The van der Waals surface area contributed by atoms with Crippen LogP contribution in [0.4, 0.5) is 33.7 Å². The van der Waals surface area contributed by atoms with Crippen molar-refractivity contribution < 1.29 is 36.6 Å². The first-order valence-corrected chi connectivity index (χ1v) is 11.1. The summed E-state index contributed by atoms with van der Waals surface area (Å²) in [6, 6.07) is 5.91. The van der Waals surface area contributed by atoms with Gasteiger partial charge >= 0.3 is 17.9 Å². The van der Waals surface area contributed by atoms with Gasteiger partial charge in [0.05, 0.1) is 36.6 Å². The Morgan fingerprint density at radius 3 is 2.57 bits per heavy atom. The number of alkyl halides is 3. The first kappa shape index (κ1) is 25.9. The lowest BCUT2D eigenvalue weighted by Crippen LogP contribution is -2.51. The third-order valence-electron chi connectivity index (χ3n) is 5.31. The van der Waals surface area contributed by atoms with Gasteiger partial charge in [-0.2, -0.15) is 13.2 Å². The fourth-order valence-electron chi connectivity index (χ4n) is 3.54. The summed E-state index contributed by atoms with van der Waals surface area (Å²) >= 11 is 0. The van der Waals surface area contributed by atoms with Crippen molar-refractivity contribution in [1.29, 1.82) is 0 Å². The molecule has 2 heterocycles. The fourth-order valence-corrected chi connectivity index (χ4v) is 3.54. The molecule has 4 rings (SSSR count). The molecule has 0 aliphatic carbocycles. The Hall–Kier alpha value is -4.13. The Labute approximate surface area is 207 Å². The number of halogens is 4. The molecule has 1 aliphatic heterocycles. The molecule has 13 heteroatoms. The average molecular weight is 522 g/mol. The molecule has 1 fully saturated rings. The standard InChI is InChI=1S/C24H22F4N4O5/c1-3-36-20-15(10-29-21(33)32-20)13-4-6-18(17(25)8-13)31-22(34)30-14-5-7-19(16(9-14)24(26,27)28)37-23(2)11-35-12-23/h4-10H,3,11-12H2,1-2H3,(H,29,32,33)(H2,30,31,34). The Kier molecular flexibility index (Phi) is 7.07. The number of anilines is 2. The van der Waals surface area contributed by atoms with E-state index in [1.54, 1.807) is 13.8 Å². The summed E-state index contributed by atoms with van der Waals surface area (Å²) in [4.78, 5) is 29.9. The van der Waals surface area contributed by atoms with E-state index in [9.17, 15) is 27.2 Å². The maximum Gasteiger partial charge on any atom is 0.420 e. The van der Waals surface area contributed by atoms with E-state index in [0.717, 1.165) is 18.2 Å². The molecule has 37 heavy (non-hydrogen) atoms. The van der Waals surface area contributed by atoms with E-state index in [4.69, 9.17) is 14.2 Å². The number of hydrogen-bond donors (Lipinski definition) is 3. The van der Waals surface area contributed by atoms with E-state index in [-0.39, 0.29) is 37.1 Å². The van der Waals surface area contributed by atoms with Crippen molar-refractivity contribution in [3.8, 4) is 22.8 Å². The second-order valence-electron chi connectivity index (χ2n) is 8.39. The van der Waals surface area contributed by atoms with Gasteiger partial charge in [-0.3, -0.25) is 4.98 Å². The molecule has 3 aromatic rings. The van der Waals surface area contributed by atoms with Crippen molar-refractivity contribution in [2.45, 2.75) is 25.6 Å². The lowest BCUT2D eigenvalue weighted by atomic mass is 10.0. The van der Waals surface area contributed by atoms with Crippen molar-refractivity contribution in [3.63, 3.8) is 0 Å². The predicted octanol–water partition coefficient (Wildman–Crippen LogP) is 4.81. The normalized spacial score (nSPS) is 14.4. The number of rotatable bonds is 7. The number of carbonyl (C=O) groups excluding carboxylic acids is 1. The third kappa shape index (κ3) is 6.00. The van der Waals surface area contributed by atoms with Gasteiger partial charge in [-0.25, -0.2) is 19.0 Å². The number of H-pyrrole nitrogens is 1. The van der Waals surface area contributed by atoms with Crippen molar-refractivity contribution in [1.82, 2.24) is 9.97 Å². The number of ether oxygens (including phenoxy) is 3. The van der Waals surface area contributed by atoms with E-state index >= 15 is 0 Å². The van der Waals surface area contributed by atoms with Gasteiger partial charge in [0, 0.05) is 11.9 Å². The van der Waals surface area contributed by atoms with Crippen LogP contribution in [0.5, 0.6) is 11.6 Å². The number of nitrogens with zero attached hydrogens (tertiary/aromatic N) is 1. The minimum Gasteiger partial charge on any atom is -0.482 e. The number of carbonyl (C=O) groups is 1. The van der Waals surface area contributed by atoms with E-state index in [0.29, 0.717) is 11.1 Å². The van der Waals surface area contributed by atoms with Gasteiger partial charge in [-0.15, -0.1) is 0 Å². The minimum atomic E-state index is -4.75. The van der Waals surface area contributed by atoms with Crippen LogP contribution in [0.15, 0.2) is 47.4 Å². The zero-order valence-corrected chi connectivity index (χ0v) is 19.7. The van der Waals surface area contributed by atoms with E-state index in [1.165, 1.54) is 24.4 Å². The summed E-state index contributed by atoms with van der Waals surface area (Å²) in [6.45, 7) is 3.88. The molecule has 2 aromatic carbocycles. The smallest absolute Gasteiger partial charge is 0.420 e. The summed E-state index contributed by atoms with van der Waals surface area (Å²) in [7, 11) is 0. The number of amides is 2. The number of aromatic nitrogens is 2. The monoisotopic (exact) mass is 522 g/mol. The third-order valence-corrected chi connectivity index (χ3v) is 5.31. The summed E-state index contributed by atoms with van der Waals surface area (Å²) in [5.41, 5.74) is -2.36. The van der Waals surface area contributed by atoms with Crippen LogP contribution in [0, 0.1) is 5.82 Å². The topological polar surface area (TPSA) is 115 Å².